The van der Waals surface area contributed by atoms with Crippen molar-refractivity contribution in [3.8, 4) is 0 Å². The molecule has 5 heterocycles. The molecule has 6 rings (SSSR count). The molecule has 0 radical (unpaired) electrons. The molecule has 1 saturated heterocycles. The van der Waals surface area contributed by atoms with Gasteiger partial charge >= 0.3 is 0 Å². The highest BCUT2D eigenvalue weighted by Gasteiger charge is 2.44. The van der Waals surface area contributed by atoms with Crippen LogP contribution >= 0.6 is 0 Å². The van der Waals surface area contributed by atoms with Gasteiger partial charge in [-0.05, 0) is 44.9 Å². The van der Waals surface area contributed by atoms with Gasteiger partial charge < -0.3 is 19.1 Å². The quantitative estimate of drug-likeness (QED) is 0.601. The molecule has 1 amide bonds. The van der Waals surface area contributed by atoms with Crippen molar-refractivity contribution >= 4 is 11.6 Å². The van der Waals surface area contributed by atoms with Crippen LogP contribution in [0.25, 0.3) is 5.65 Å². The number of imidazole rings is 2. The molecule has 1 aliphatic carbocycles. The van der Waals surface area contributed by atoms with Crippen molar-refractivity contribution in [1.29, 1.82) is 0 Å². The highest BCUT2D eigenvalue weighted by atomic mass is 16.5. The molecule has 0 aromatic carbocycles. The van der Waals surface area contributed by atoms with Crippen LogP contribution in [-0.4, -0.2) is 67.9 Å². The minimum atomic E-state index is -0.392. The molecule has 0 N–H and O–H groups in total. The SMILES string of the molecule is Cc1nc2ccccn2c1C(=O)N1CCC2(CC1)OCCn1c(CN(C)CC3CC3)cnc12. The lowest BCUT2D eigenvalue weighted by molar-refractivity contribution is -0.112. The van der Waals surface area contributed by atoms with Crippen molar-refractivity contribution in [2.75, 3.05) is 33.3 Å². The second-order valence-electron chi connectivity index (χ2n) is 9.97. The Morgan fingerprint density at radius 3 is 2.85 bits per heavy atom. The van der Waals surface area contributed by atoms with Gasteiger partial charge in [-0.3, -0.25) is 9.20 Å². The molecule has 1 spiro atoms. The summed E-state index contributed by atoms with van der Waals surface area (Å²) in [6.07, 6.45) is 8.22. The van der Waals surface area contributed by atoms with Gasteiger partial charge in [0.05, 0.1) is 18.0 Å². The Bertz CT molecular complexity index is 1180. The Balaban J connectivity index is 1.19. The summed E-state index contributed by atoms with van der Waals surface area (Å²) in [5.41, 5.74) is 3.13. The minimum Gasteiger partial charge on any atom is -0.365 e. The monoisotopic (exact) mass is 448 g/mol. The molecule has 2 fully saturated rings. The first kappa shape index (κ1) is 20.9. The highest BCUT2D eigenvalue weighted by molar-refractivity contribution is 5.94. The second kappa shape index (κ2) is 7.95. The predicted molar refractivity (Wildman–Crippen MR) is 124 cm³/mol. The molecule has 8 heteroatoms. The lowest BCUT2D eigenvalue weighted by Crippen LogP contribution is -2.50. The van der Waals surface area contributed by atoms with Crippen LogP contribution in [0.1, 0.15) is 53.4 Å². The van der Waals surface area contributed by atoms with E-state index in [1.54, 1.807) is 0 Å². The van der Waals surface area contributed by atoms with Crippen LogP contribution in [-0.2, 0) is 23.4 Å². The number of pyridine rings is 1. The van der Waals surface area contributed by atoms with Crippen LogP contribution in [0.4, 0.5) is 0 Å². The summed E-state index contributed by atoms with van der Waals surface area (Å²) in [5.74, 6) is 1.97. The molecule has 3 aromatic heterocycles. The summed E-state index contributed by atoms with van der Waals surface area (Å²) in [7, 11) is 2.21. The Kier molecular flexibility index (Phi) is 5.03. The van der Waals surface area contributed by atoms with Gasteiger partial charge in [-0.1, -0.05) is 6.07 Å². The Morgan fingerprint density at radius 2 is 2.06 bits per heavy atom. The number of carbonyl (C=O) groups is 1. The van der Waals surface area contributed by atoms with E-state index in [9.17, 15) is 4.79 Å². The van der Waals surface area contributed by atoms with Gasteiger partial charge in [-0.25, -0.2) is 9.97 Å². The Morgan fingerprint density at radius 1 is 1.24 bits per heavy atom. The summed E-state index contributed by atoms with van der Waals surface area (Å²) < 4.78 is 10.7. The third-order valence-corrected chi connectivity index (χ3v) is 7.50. The molecule has 8 nitrogen and oxygen atoms in total. The zero-order chi connectivity index (χ0) is 22.6. The number of ether oxygens (including phenoxy) is 1. The first-order valence-corrected chi connectivity index (χ1v) is 12.1. The average molecular weight is 449 g/mol. The summed E-state index contributed by atoms with van der Waals surface area (Å²) in [6.45, 7) is 6.87. The lowest BCUT2D eigenvalue weighted by atomic mass is 9.89. The number of amides is 1. The lowest BCUT2D eigenvalue weighted by Gasteiger charge is -2.43. The maximum absolute atomic E-state index is 13.4. The molecule has 174 valence electrons. The van der Waals surface area contributed by atoms with Crippen molar-refractivity contribution < 1.29 is 9.53 Å². The van der Waals surface area contributed by atoms with Crippen molar-refractivity contribution in [2.24, 2.45) is 5.92 Å². The van der Waals surface area contributed by atoms with Crippen LogP contribution in [0.2, 0.25) is 0 Å². The van der Waals surface area contributed by atoms with Crippen molar-refractivity contribution in [1.82, 2.24) is 28.7 Å². The summed E-state index contributed by atoms with van der Waals surface area (Å²) in [4.78, 5) is 27.2. The maximum Gasteiger partial charge on any atom is 0.272 e. The first-order chi connectivity index (χ1) is 16.0. The van der Waals surface area contributed by atoms with Gasteiger partial charge in [0, 0.05) is 58.0 Å². The van der Waals surface area contributed by atoms with E-state index in [2.05, 4.69) is 21.5 Å². The minimum absolute atomic E-state index is 0.0441. The molecule has 3 aromatic rings. The van der Waals surface area contributed by atoms with Crippen LogP contribution in [0.3, 0.4) is 0 Å². The van der Waals surface area contributed by atoms with Gasteiger partial charge in [0.25, 0.3) is 5.91 Å². The fraction of sp³-hybridized carbons (Fsp3) is 0.560. The number of hydrogen-bond acceptors (Lipinski definition) is 5. The standard InChI is InChI=1S/C25H32N6O2/c1-18-22(31-10-4-3-5-21(31)27-18)23(32)29-11-8-25(9-12-29)24-26-15-20(30(24)13-14-33-25)17-28(2)16-19-6-7-19/h3-5,10,15,19H,6-9,11-14,16-17H2,1-2H3. The maximum atomic E-state index is 13.4. The van der Waals surface area contributed by atoms with Gasteiger partial charge in [0.15, 0.2) is 0 Å². The van der Waals surface area contributed by atoms with Crippen molar-refractivity contribution in [3.05, 3.63) is 53.5 Å². The number of hydrogen-bond donors (Lipinski definition) is 0. The van der Waals surface area contributed by atoms with E-state index < -0.39 is 5.60 Å². The van der Waals surface area contributed by atoms with Gasteiger partial charge in [-0.15, -0.1) is 0 Å². The van der Waals surface area contributed by atoms with E-state index in [1.807, 2.05) is 46.8 Å². The molecule has 1 saturated carbocycles. The van der Waals surface area contributed by atoms with E-state index in [-0.39, 0.29) is 5.91 Å². The molecule has 0 unspecified atom stereocenters. The number of rotatable bonds is 5. The van der Waals surface area contributed by atoms with Gasteiger partial charge in [0.2, 0.25) is 0 Å². The number of nitrogens with zero attached hydrogens (tertiary/aromatic N) is 6. The van der Waals surface area contributed by atoms with E-state index in [0.29, 0.717) is 25.4 Å². The normalized spacial score (nSPS) is 20.0. The number of piperidine rings is 1. The molecular formula is C25H32N6O2. The fourth-order valence-electron chi connectivity index (χ4n) is 5.59. The number of carbonyl (C=O) groups excluding carboxylic acids is 1. The van der Waals surface area contributed by atoms with Crippen molar-refractivity contribution in [2.45, 2.75) is 51.3 Å². The zero-order valence-electron chi connectivity index (χ0n) is 19.5. The predicted octanol–water partition coefficient (Wildman–Crippen LogP) is 2.84. The number of likely N-dealkylation sites (tertiary alicyclic amines) is 1. The van der Waals surface area contributed by atoms with E-state index in [1.165, 1.54) is 25.1 Å². The molecule has 33 heavy (non-hydrogen) atoms. The third kappa shape index (κ3) is 3.65. The van der Waals surface area contributed by atoms with Crippen LogP contribution < -0.4 is 0 Å². The zero-order valence-corrected chi connectivity index (χ0v) is 19.5. The molecule has 0 atom stereocenters. The largest absolute Gasteiger partial charge is 0.365 e. The third-order valence-electron chi connectivity index (χ3n) is 7.50. The van der Waals surface area contributed by atoms with Crippen molar-refractivity contribution in [3.63, 3.8) is 0 Å². The van der Waals surface area contributed by atoms with E-state index in [0.717, 1.165) is 49.0 Å². The molecule has 3 aliphatic rings. The summed E-state index contributed by atoms with van der Waals surface area (Å²) in [5, 5.41) is 0. The highest BCUT2D eigenvalue weighted by Crippen LogP contribution is 2.39. The van der Waals surface area contributed by atoms with E-state index >= 15 is 0 Å². The molecule has 2 aliphatic heterocycles. The van der Waals surface area contributed by atoms with Gasteiger partial charge in [-0.2, -0.15) is 0 Å². The molecule has 0 bridgehead atoms. The fourth-order valence-corrected chi connectivity index (χ4v) is 5.59. The number of fused-ring (bicyclic) bond motifs is 3. The topological polar surface area (TPSA) is 67.9 Å². The Labute approximate surface area is 194 Å². The number of aryl methyl sites for hydroxylation is 1. The smallest absolute Gasteiger partial charge is 0.272 e. The second-order valence-corrected chi connectivity index (χ2v) is 9.97. The summed E-state index contributed by atoms with van der Waals surface area (Å²) in [6, 6.07) is 5.82. The van der Waals surface area contributed by atoms with Crippen LogP contribution in [0.15, 0.2) is 30.6 Å². The van der Waals surface area contributed by atoms with Crippen LogP contribution in [0.5, 0.6) is 0 Å². The average Bonchev–Trinajstić information content (AvgIpc) is 3.42. The van der Waals surface area contributed by atoms with E-state index in [4.69, 9.17) is 9.72 Å². The first-order valence-electron chi connectivity index (χ1n) is 12.1. The van der Waals surface area contributed by atoms with Gasteiger partial charge in [0.1, 0.15) is 22.8 Å². The molecular weight excluding hydrogens is 416 g/mol. The summed E-state index contributed by atoms with van der Waals surface area (Å²) >= 11 is 0. The number of aromatic nitrogens is 4. The Hall–Kier alpha value is -2.71. The van der Waals surface area contributed by atoms with Crippen LogP contribution in [0, 0.1) is 12.8 Å².